The first-order valence-electron chi connectivity index (χ1n) is 12.2. The van der Waals surface area contributed by atoms with Crippen molar-refractivity contribution in [3.63, 3.8) is 0 Å². The predicted molar refractivity (Wildman–Crippen MR) is 135 cm³/mol. The SMILES string of the molecule is CCCC(NC(=O)CC(CC(C)(C)C)NC(=O)OCC1c2ccccc2-c2ccccc21)C(=O)O. The number of carbonyl (C=O) groups is 3. The average Bonchev–Trinajstić information content (AvgIpc) is 3.10. The molecule has 0 fully saturated rings. The molecule has 35 heavy (non-hydrogen) atoms. The molecule has 7 heteroatoms. The van der Waals surface area contributed by atoms with Crippen molar-refractivity contribution < 1.29 is 24.2 Å². The molecule has 2 aromatic rings. The molecular weight excluding hydrogens is 444 g/mol. The fourth-order valence-electron chi connectivity index (χ4n) is 4.74. The molecule has 0 saturated carbocycles. The monoisotopic (exact) mass is 480 g/mol. The molecule has 3 N–H and O–H groups in total. The van der Waals surface area contributed by atoms with Gasteiger partial charge in [0.1, 0.15) is 12.6 Å². The van der Waals surface area contributed by atoms with Crippen molar-refractivity contribution in [2.45, 2.75) is 71.4 Å². The summed E-state index contributed by atoms with van der Waals surface area (Å²) in [5, 5.41) is 14.7. The van der Waals surface area contributed by atoms with Crippen LogP contribution in [0.3, 0.4) is 0 Å². The molecule has 1 aliphatic rings. The molecule has 3 rings (SSSR count). The Labute approximate surface area is 207 Å². The Bertz CT molecular complexity index is 1010. The van der Waals surface area contributed by atoms with Gasteiger partial charge in [-0.2, -0.15) is 0 Å². The number of hydrogen-bond donors (Lipinski definition) is 3. The zero-order valence-corrected chi connectivity index (χ0v) is 21.0. The van der Waals surface area contributed by atoms with Crippen LogP contribution in [0.5, 0.6) is 0 Å². The largest absolute Gasteiger partial charge is 0.480 e. The Morgan fingerprint density at radius 3 is 2.06 bits per heavy atom. The number of rotatable bonds is 10. The normalized spacial score (nSPS) is 14.4. The number of ether oxygens (including phenoxy) is 1. The van der Waals surface area contributed by atoms with Gasteiger partial charge in [-0.25, -0.2) is 9.59 Å². The first kappa shape index (κ1) is 26.3. The first-order valence-corrected chi connectivity index (χ1v) is 12.2. The van der Waals surface area contributed by atoms with Crippen molar-refractivity contribution >= 4 is 18.0 Å². The number of nitrogens with one attached hydrogen (secondary N) is 2. The van der Waals surface area contributed by atoms with E-state index in [9.17, 15) is 19.5 Å². The predicted octanol–water partition coefficient (Wildman–Crippen LogP) is 5.09. The van der Waals surface area contributed by atoms with Gasteiger partial charge in [-0.05, 0) is 40.5 Å². The number of hydrogen-bond acceptors (Lipinski definition) is 4. The van der Waals surface area contributed by atoms with Crippen molar-refractivity contribution in [3.05, 3.63) is 59.7 Å². The molecule has 0 spiro atoms. The van der Waals surface area contributed by atoms with E-state index < -0.39 is 30.1 Å². The van der Waals surface area contributed by atoms with Gasteiger partial charge in [-0.3, -0.25) is 4.79 Å². The molecule has 0 aliphatic heterocycles. The third-order valence-corrected chi connectivity index (χ3v) is 6.17. The molecule has 2 unspecified atom stereocenters. The quantitative estimate of drug-likeness (QED) is 0.439. The third kappa shape index (κ3) is 7.07. The van der Waals surface area contributed by atoms with Crippen LogP contribution >= 0.6 is 0 Å². The molecule has 188 valence electrons. The van der Waals surface area contributed by atoms with Gasteiger partial charge in [0.2, 0.25) is 5.91 Å². The molecule has 2 aromatic carbocycles. The Morgan fingerprint density at radius 2 is 1.54 bits per heavy atom. The van der Waals surface area contributed by atoms with Crippen LogP contribution in [0.2, 0.25) is 0 Å². The van der Waals surface area contributed by atoms with E-state index in [2.05, 4.69) is 34.9 Å². The molecular formula is C28H36N2O5. The molecule has 7 nitrogen and oxygen atoms in total. The van der Waals surface area contributed by atoms with Gasteiger partial charge in [-0.15, -0.1) is 0 Å². The lowest BCUT2D eigenvalue weighted by Gasteiger charge is -2.27. The molecule has 0 saturated heterocycles. The highest BCUT2D eigenvalue weighted by Crippen LogP contribution is 2.44. The van der Waals surface area contributed by atoms with Crippen LogP contribution in [0, 0.1) is 5.41 Å². The van der Waals surface area contributed by atoms with E-state index in [0.29, 0.717) is 19.3 Å². The minimum Gasteiger partial charge on any atom is -0.480 e. The number of carboxylic acids is 1. The molecule has 0 aromatic heterocycles. The van der Waals surface area contributed by atoms with Crippen LogP contribution in [0.25, 0.3) is 11.1 Å². The van der Waals surface area contributed by atoms with E-state index in [0.717, 1.165) is 22.3 Å². The van der Waals surface area contributed by atoms with Gasteiger partial charge in [-0.1, -0.05) is 82.6 Å². The van der Waals surface area contributed by atoms with E-state index in [1.807, 2.05) is 52.0 Å². The van der Waals surface area contributed by atoms with Gasteiger partial charge in [0.15, 0.2) is 0 Å². The van der Waals surface area contributed by atoms with Gasteiger partial charge in [0, 0.05) is 18.4 Å². The fraction of sp³-hybridized carbons (Fsp3) is 0.464. The van der Waals surface area contributed by atoms with Gasteiger partial charge in [0.25, 0.3) is 0 Å². The zero-order valence-electron chi connectivity index (χ0n) is 21.0. The second-order valence-electron chi connectivity index (χ2n) is 10.4. The van der Waals surface area contributed by atoms with E-state index in [1.54, 1.807) is 0 Å². The third-order valence-electron chi connectivity index (χ3n) is 6.17. The maximum absolute atomic E-state index is 12.8. The highest BCUT2D eigenvalue weighted by atomic mass is 16.5. The summed E-state index contributed by atoms with van der Waals surface area (Å²) in [6.07, 6.45) is 0.925. The number of carbonyl (C=O) groups excluding carboxylic acids is 2. The number of amides is 2. The van der Waals surface area contributed by atoms with Crippen molar-refractivity contribution in [1.82, 2.24) is 10.6 Å². The number of fused-ring (bicyclic) bond motifs is 3. The van der Waals surface area contributed by atoms with Crippen LogP contribution in [0.1, 0.15) is 70.4 Å². The minimum absolute atomic E-state index is 0.0189. The number of aliphatic carboxylic acids is 1. The minimum atomic E-state index is -1.06. The smallest absolute Gasteiger partial charge is 0.407 e. The lowest BCUT2D eigenvalue weighted by Crippen LogP contribution is -2.45. The van der Waals surface area contributed by atoms with Crippen molar-refractivity contribution in [1.29, 1.82) is 0 Å². The summed E-state index contributed by atoms with van der Waals surface area (Å²) >= 11 is 0. The summed E-state index contributed by atoms with van der Waals surface area (Å²) in [6.45, 7) is 8.12. The second kappa shape index (κ2) is 11.4. The Hall–Kier alpha value is -3.35. The standard InChI is InChI=1S/C28H36N2O5/c1-5-10-24(26(32)33)30-25(31)15-18(16-28(2,3)4)29-27(34)35-17-23-21-13-8-6-11-19(21)20-12-7-9-14-22(20)23/h6-9,11-14,18,23-24H,5,10,15-17H2,1-4H3,(H,29,34)(H,30,31)(H,32,33). The molecule has 0 heterocycles. The zero-order chi connectivity index (χ0) is 25.6. The van der Waals surface area contributed by atoms with E-state index in [1.165, 1.54) is 0 Å². The van der Waals surface area contributed by atoms with Crippen molar-refractivity contribution in [2.75, 3.05) is 6.61 Å². The lowest BCUT2D eigenvalue weighted by atomic mass is 9.87. The van der Waals surface area contributed by atoms with Gasteiger partial charge >= 0.3 is 12.1 Å². The van der Waals surface area contributed by atoms with E-state index in [-0.39, 0.29) is 24.4 Å². The fourth-order valence-corrected chi connectivity index (χ4v) is 4.74. The van der Waals surface area contributed by atoms with Crippen LogP contribution in [0.15, 0.2) is 48.5 Å². The molecule has 1 aliphatic carbocycles. The Balaban J connectivity index is 1.64. The Morgan fingerprint density at radius 1 is 0.971 bits per heavy atom. The second-order valence-corrected chi connectivity index (χ2v) is 10.4. The molecule has 0 radical (unpaired) electrons. The van der Waals surface area contributed by atoms with Crippen LogP contribution in [0.4, 0.5) is 4.79 Å². The highest BCUT2D eigenvalue weighted by Gasteiger charge is 2.30. The summed E-state index contributed by atoms with van der Waals surface area (Å²) < 4.78 is 5.65. The maximum atomic E-state index is 12.8. The molecule has 2 atom stereocenters. The lowest BCUT2D eigenvalue weighted by molar-refractivity contribution is -0.142. The first-order chi connectivity index (χ1) is 16.6. The topological polar surface area (TPSA) is 105 Å². The maximum Gasteiger partial charge on any atom is 0.407 e. The van der Waals surface area contributed by atoms with Crippen LogP contribution in [-0.2, 0) is 14.3 Å². The molecule has 2 amide bonds. The average molecular weight is 481 g/mol. The van der Waals surface area contributed by atoms with Crippen molar-refractivity contribution in [3.8, 4) is 11.1 Å². The highest BCUT2D eigenvalue weighted by molar-refractivity contribution is 5.84. The van der Waals surface area contributed by atoms with Gasteiger partial charge in [0.05, 0.1) is 0 Å². The summed E-state index contributed by atoms with van der Waals surface area (Å²) in [5.74, 6) is -1.51. The number of benzene rings is 2. The van der Waals surface area contributed by atoms with Crippen LogP contribution in [-0.4, -0.2) is 41.8 Å². The van der Waals surface area contributed by atoms with Crippen LogP contribution < -0.4 is 10.6 Å². The summed E-state index contributed by atoms with van der Waals surface area (Å²) in [5.41, 5.74) is 4.40. The van der Waals surface area contributed by atoms with Gasteiger partial charge < -0.3 is 20.5 Å². The summed E-state index contributed by atoms with van der Waals surface area (Å²) in [6, 6.07) is 14.8. The Kier molecular flexibility index (Phi) is 8.54. The van der Waals surface area contributed by atoms with E-state index >= 15 is 0 Å². The molecule has 0 bridgehead atoms. The summed E-state index contributed by atoms with van der Waals surface area (Å²) in [4.78, 5) is 36.8. The number of carboxylic acid groups (broad SMARTS) is 1. The number of alkyl carbamates (subject to hydrolysis) is 1. The van der Waals surface area contributed by atoms with E-state index in [4.69, 9.17) is 4.74 Å². The summed E-state index contributed by atoms with van der Waals surface area (Å²) in [7, 11) is 0. The van der Waals surface area contributed by atoms with Crippen molar-refractivity contribution in [2.24, 2.45) is 5.41 Å².